The fourth-order valence-corrected chi connectivity index (χ4v) is 7.93. The molecule has 1 aliphatic heterocycles. The second-order valence-corrected chi connectivity index (χ2v) is 14.5. The Morgan fingerprint density at radius 3 is 2.23 bits per heavy atom. The van der Waals surface area contributed by atoms with Gasteiger partial charge in [-0.05, 0) is 82.2 Å². The van der Waals surface area contributed by atoms with E-state index in [1.165, 1.54) is 0 Å². The number of fused-ring (bicyclic) bond motifs is 2. The second-order valence-electron chi connectivity index (χ2n) is 11.0. The molecule has 2 aliphatic rings. The molecular weight excluding hydrogens is 633 g/mol. The molecular formula is C35H47N4O6SSi+. The van der Waals surface area contributed by atoms with Gasteiger partial charge in [-0.15, -0.1) is 0 Å². The number of rotatable bonds is 15. The number of aromatic carboxylic acids is 1. The van der Waals surface area contributed by atoms with Gasteiger partial charge in [-0.2, -0.15) is 0 Å². The van der Waals surface area contributed by atoms with Gasteiger partial charge in [0.05, 0.1) is 11.6 Å². The van der Waals surface area contributed by atoms with Gasteiger partial charge in [0.15, 0.2) is 5.11 Å². The molecule has 2 aromatic rings. The van der Waals surface area contributed by atoms with E-state index in [4.69, 9.17) is 29.9 Å². The molecule has 0 saturated heterocycles. The summed E-state index contributed by atoms with van der Waals surface area (Å²) in [5.41, 5.74) is 4.72. The molecule has 0 radical (unpaired) electrons. The van der Waals surface area contributed by atoms with Crippen LogP contribution < -0.4 is 25.5 Å². The number of nitrogens with one attached hydrogen (secondary N) is 2. The van der Waals surface area contributed by atoms with E-state index in [9.17, 15) is 9.90 Å². The maximum Gasteiger partial charge on any atom is 0.500 e. The maximum absolute atomic E-state index is 12.8. The number of thiocarbonyl (C=S) groups is 1. The van der Waals surface area contributed by atoms with Crippen LogP contribution in [0.3, 0.4) is 0 Å². The van der Waals surface area contributed by atoms with Crippen molar-refractivity contribution in [1.29, 1.82) is 0 Å². The van der Waals surface area contributed by atoms with Crippen molar-refractivity contribution in [1.82, 2.24) is 9.89 Å². The fourth-order valence-electron chi connectivity index (χ4n) is 5.98. The third-order valence-corrected chi connectivity index (χ3v) is 11.7. The lowest BCUT2D eigenvalue weighted by Crippen LogP contribution is -2.43. The number of benzene rings is 3. The first-order valence-corrected chi connectivity index (χ1v) is 18.4. The zero-order valence-corrected chi connectivity index (χ0v) is 30.3. The molecule has 4 rings (SSSR count). The highest BCUT2D eigenvalue weighted by atomic mass is 32.1. The van der Waals surface area contributed by atoms with Gasteiger partial charge in [0.1, 0.15) is 24.4 Å². The molecule has 2 aromatic carbocycles. The topological polar surface area (TPSA) is 108 Å². The molecule has 0 bridgehead atoms. The van der Waals surface area contributed by atoms with Crippen LogP contribution in [0, 0.1) is 0 Å². The molecule has 3 N–H and O–H groups in total. The van der Waals surface area contributed by atoms with Gasteiger partial charge < -0.3 is 38.3 Å². The third-order valence-electron chi connectivity index (χ3n) is 8.60. The molecule has 47 heavy (non-hydrogen) atoms. The van der Waals surface area contributed by atoms with E-state index in [-0.39, 0.29) is 5.56 Å². The van der Waals surface area contributed by atoms with Crippen LogP contribution in [-0.4, -0.2) is 79.0 Å². The fraction of sp³-hybridized carbons (Fsp3) is 0.400. The summed E-state index contributed by atoms with van der Waals surface area (Å²) in [4.78, 5) is 15.1. The van der Waals surface area contributed by atoms with Crippen LogP contribution in [-0.2, 0) is 13.3 Å². The second kappa shape index (κ2) is 16.3. The first-order valence-electron chi connectivity index (χ1n) is 16.1. The molecule has 0 saturated carbocycles. The smallest absolute Gasteiger partial charge is 0.478 e. The molecule has 0 aromatic heterocycles. The Hall–Kier alpha value is -3.81. The molecule has 252 valence electrons. The Kier molecular flexibility index (Phi) is 12.5. The lowest BCUT2D eigenvalue weighted by Gasteiger charge is -2.24. The highest BCUT2D eigenvalue weighted by molar-refractivity contribution is 7.80. The SMILES string of the molecule is CCN(CC)c1ccc2c(-c3ccc(NC(=S)NCCC[Si](OC)(OC)OC)cc3C(=O)O)c3ccc(=[N+](CC)CC)cc-3oc2c1. The Bertz CT molecular complexity index is 1740. The van der Waals surface area contributed by atoms with Crippen molar-refractivity contribution < 1.29 is 27.6 Å². The molecule has 1 aliphatic carbocycles. The summed E-state index contributed by atoms with van der Waals surface area (Å²) in [5, 5.41) is 19.1. The molecule has 0 amide bonds. The molecule has 0 atom stereocenters. The maximum atomic E-state index is 12.8. The van der Waals surface area contributed by atoms with Crippen LogP contribution in [0.4, 0.5) is 11.4 Å². The molecule has 12 heteroatoms. The lowest BCUT2D eigenvalue weighted by molar-refractivity contribution is 0.0697. The highest BCUT2D eigenvalue weighted by Crippen LogP contribution is 2.42. The zero-order valence-electron chi connectivity index (χ0n) is 28.4. The van der Waals surface area contributed by atoms with E-state index in [2.05, 4.69) is 59.9 Å². The van der Waals surface area contributed by atoms with Gasteiger partial charge in [0.25, 0.3) is 0 Å². The van der Waals surface area contributed by atoms with E-state index in [0.29, 0.717) is 46.7 Å². The van der Waals surface area contributed by atoms with Crippen LogP contribution in [0.1, 0.15) is 44.5 Å². The molecule has 0 fully saturated rings. The predicted octanol–water partition coefficient (Wildman–Crippen LogP) is 6.12. The van der Waals surface area contributed by atoms with Gasteiger partial charge in [0, 0.05) is 87.0 Å². The normalized spacial score (nSPS) is 11.6. The first-order chi connectivity index (χ1) is 22.7. The van der Waals surface area contributed by atoms with E-state index < -0.39 is 14.8 Å². The minimum Gasteiger partial charge on any atom is -0.478 e. The third kappa shape index (κ3) is 8.02. The number of carbonyl (C=O) groups is 1. The monoisotopic (exact) mass is 679 g/mol. The van der Waals surface area contributed by atoms with Crippen LogP contribution in [0.5, 0.6) is 0 Å². The molecule has 0 unspecified atom stereocenters. The van der Waals surface area contributed by atoms with Crippen molar-refractivity contribution in [3.05, 3.63) is 65.5 Å². The standard InChI is InChI=1S/C35H46N4O6SSi/c1-8-38(9-2)25-14-17-28-31(22-25)45-32-23-26(39(10-3)11-4)15-18-29(32)33(28)27-16-13-24(21-30(27)34(40)41)37-35(46)36-19-12-20-47(42-5,43-6)44-7/h13-18,21-23H,8-12,19-20H2,1-7H3,(H2,36,40,41,46)/p+1. The summed E-state index contributed by atoms with van der Waals surface area (Å²) in [7, 11) is 2.10. The van der Waals surface area contributed by atoms with E-state index in [1.54, 1.807) is 27.4 Å². The quantitative estimate of drug-likeness (QED) is 0.0448. The number of hydrogen-bond donors (Lipinski definition) is 3. The van der Waals surface area contributed by atoms with Crippen LogP contribution in [0.25, 0.3) is 33.4 Å². The number of nitrogens with zero attached hydrogens (tertiary/aromatic N) is 2. The van der Waals surface area contributed by atoms with Crippen molar-refractivity contribution in [3.63, 3.8) is 0 Å². The zero-order chi connectivity index (χ0) is 34.1. The van der Waals surface area contributed by atoms with E-state index in [1.807, 2.05) is 36.4 Å². The van der Waals surface area contributed by atoms with E-state index >= 15 is 0 Å². The van der Waals surface area contributed by atoms with Crippen molar-refractivity contribution in [2.45, 2.75) is 40.2 Å². The predicted molar refractivity (Wildman–Crippen MR) is 196 cm³/mol. The first kappa shape index (κ1) is 36.0. The molecule has 1 heterocycles. The minimum atomic E-state index is -2.67. The largest absolute Gasteiger partial charge is 0.500 e. The average molecular weight is 680 g/mol. The summed E-state index contributed by atoms with van der Waals surface area (Å²) in [6.45, 7) is 12.5. The van der Waals surface area contributed by atoms with Gasteiger partial charge in [-0.1, -0.05) is 6.07 Å². The molecule has 0 spiro atoms. The summed E-state index contributed by atoms with van der Waals surface area (Å²) in [5.74, 6) is -0.343. The van der Waals surface area contributed by atoms with E-state index in [0.717, 1.165) is 53.7 Å². The Morgan fingerprint density at radius 1 is 0.936 bits per heavy atom. The van der Waals surface area contributed by atoms with Gasteiger partial charge in [-0.3, -0.25) is 0 Å². The number of carboxylic acids is 1. The van der Waals surface area contributed by atoms with Gasteiger partial charge in [-0.25, -0.2) is 9.37 Å². The van der Waals surface area contributed by atoms with Gasteiger partial charge >= 0.3 is 14.8 Å². The van der Waals surface area contributed by atoms with Crippen LogP contribution >= 0.6 is 12.2 Å². The number of carboxylic acid groups (broad SMARTS) is 1. The highest BCUT2D eigenvalue weighted by Gasteiger charge is 2.36. The summed E-state index contributed by atoms with van der Waals surface area (Å²) < 4.78 is 25.3. The summed E-state index contributed by atoms with van der Waals surface area (Å²) in [6.07, 6.45) is 0.716. The van der Waals surface area contributed by atoms with Crippen molar-refractivity contribution in [2.24, 2.45) is 0 Å². The Balaban J connectivity index is 1.76. The van der Waals surface area contributed by atoms with Crippen molar-refractivity contribution in [3.8, 4) is 22.5 Å². The summed E-state index contributed by atoms with van der Waals surface area (Å²) in [6, 6.07) is 18.3. The lowest BCUT2D eigenvalue weighted by atomic mass is 9.90. The molecule has 10 nitrogen and oxygen atoms in total. The summed E-state index contributed by atoms with van der Waals surface area (Å²) >= 11 is 5.52. The average Bonchev–Trinajstić information content (AvgIpc) is 3.08. The van der Waals surface area contributed by atoms with Crippen LogP contribution in [0.15, 0.2) is 59.0 Å². The minimum absolute atomic E-state index is 0.156. The van der Waals surface area contributed by atoms with Crippen LogP contribution in [0.2, 0.25) is 6.04 Å². The number of anilines is 2. The Labute approximate surface area is 283 Å². The Morgan fingerprint density at radius 2 is 1.62 bits per heavy atom. The van der Waals surface area contributed by atoms with Crippen molar-refractivity contribution >= 4 is 54.4 Å². The van der Waals surface area contributed by atoms with Gasteiger partial charge in [0.2, 0.25) is 5.36 Å². The van der Waals surface area contributed by atoms with Crippen molar-refractivity contribution in [2.75, 3.05) is 64.3 Å². The number of hydrogen-bond acceptors (Lipinski definition) is 7.